The van der Waals surface area contributed by atoms with Crippen molar-refractivity contribution < 1.29 is 13.5 Å². The molecule has 1 aromatic carbocycles. The van der Waals surface area contributed by atoms with E-state index < -0.39 is 10.0 Å². The maximum absolute atomic E-state index is 12.1. The summed E-state index contributed by atoms with van der Waals surface area (Å²) in [5.74, 6) is 0. The normalized spacial score (nSPS) is 25.0. The predicted molar refractivity (Wildman–Crippen MR) is 72.7 cm³/mol. The Morgan fingerprint density at radius 2 is 1.67 bits per heavy atom. The summed E-state index contributed by atoms with van der Waals surface area (Å²) in [6, 6.07) is 6.49. The van der Waals surface area contributed by atoms with Gasteiger partial charge in [-0.3, -0.25) is 0 Å². The highest BCUT2D eigenvalue weighted by atomic mass is 79.9. The van der Waals surface area contributed by atoms with E-state index in [1.807, 2.05) is 0 Å². The third-order valence-corrected chi connectivity index (χ3v) is 5.21. The summed E-state index contributed by atoms with van der Waals surface area (Å²) in [6.07, 6.45) is 2.42. The number of hydrogen-bond acceptors (Lipinski definition) is 3. The third-order valence-electron chi connectivity index (χ3n) is 3.14. The Bertz CT molecular complexity index is 493. The first-order chi connectivity index (χ1) is 8.47. The number of aliphatic hydroxyl groups excluding tert-OH is 1. The van der Waals surface area contributed by atoms with Crippen LogP contribution in [0.3, 0.4) is 0 Å². The minimum Gasteiger partial charge on any atom is -0.393 e. The molecule has 0 radical (unpaired) electrons. The second kappa shape index (κ2) is 5.69. The molecular formula is C12H16BrNO3S. The van der Waals surface area contributed by atoms with Crippen LogP contribution in [0.4, 0.5) is 0 Å². The molecule has 100 valence electrons. The Labute approximate surface area is 116 Å². The summed E-state index contributed by atoms with van der Waals surface area (Å²) < 4.78 is 27.8. The summed E-state index contributed by atoms with van der Waals surface area (Å²) in [5, 5.41) is 9.39. The van der Waals surface area contributed by atoms with Crippen molar-refractivity contribution >= 4 is 26.0 Å². The van der Waals surface area contributed by atoms with Crippen LogP contribution in [0.5, 0.6) is 0 Å². The highest BCUT2D eigenvalue weighted by Gasteiger charge is 2.24. The molecule has 0 spiro atoms. The lowest BCUT2D eigenvalue weighted by Crippen LogP contribution is -2.38. The van der Waals surface area contributed by atoms with E-state index in [1.165, 1.54) is 0 Å². The van der Waals surface area contributed by atoms with Crippen molar-refractivity contribution in [2.24, 2.45) is 0 Å². The number of rotatable bonds is 3. The second-order valence-corrected chi connectivity index (χ2v) is 7.21. The lowest BCUT2D eigenvalue weighted by molar-refractivity contribution is 0.120. The summed E-state index contributed by atoms with van der Waals surface area (Å²) >= 11 is 3.27. The highest BCUT2D eigenvalue weighted by Crippen LogP contribution is 2.21. The van der Waals surface area contributed by atoms with Crippen LogP contribution in [0.1, 0.15) is 25.7 Å². The summed E-state index contributed by atoms with van der Waals surface area (Å²) in [5.41, 5.74) is 0. The van der Waals surface area contributed by atoms with Gasteiger partial charge >= 0.3 is 0 Å². The van der Waals surface area contributed by atoms with Crippen molar-refractivity contribution in [2.75, 3.05) is 0 Å². The van der Waals surface area contributed by atoms with E-state index in [0.29, 0.717) is 25.7 Å². The van der Waals surface area contributed by atoms with Crippen LogP contribution in [0.2, 0.25) is 0 Å². The molecule has 1 aliphatic carbocycles. The smallest absolute Gasteiger partial charge is 0.240 e. The average Bonchev–Trinajstić information content (AvgIpc) is 2.32. The number of benzene rings is 1. The van der Waals surface area contributed by atoms with Gasteiger partial charge in [-0.15, -0.1) is 0 Å². The predicted octanol–water partition coefficient (Wildman–Crippen LogP) is 2.03. The maximum atomic E-state index is 12.1. The molecule has 4 nitrogen and oxygen atoms in total. The molecule has 2 rings (SSSR count). The van der Waals surface area contributed by atoms with E-state index in [9.17, 15) is 13.5 Å². The fourth-order valence-electron chi connectivity index (χ4n) is 2.09. The van der Waals surface area contributed by atoms with Gasteiger partial charge in [-0.05, 0) is 49.9 Å². The third kappa shape index (κ3) is 3.54. The molecule has 0 aliphatic heterocycles. The van der Waals surface area contributed by atoms with Gasteiger partial charge in [-0.25, -0.2) is 13.1 Å². The molecule has 1 fully saturated rings. The standard InChI is InChI=1S/C12H16BrNO3S/c13-9-1-7-12(8-2-9)18(16,17)14-10-3-5-11(15)6-4-10/h1-2,7-8,10-11,14-15H,3-6H2/t10-,11-. The van der Waals surface area contributed by atoms with E-state index >= 15 is 0 Å². The molecule has 1 aliphatic rings. The topological polar surface area (TPSA) is 66.4 Å². The largest absolute Gasteiger partial charge is 0.393 e. The fraction of sp³-hybridized carbons (Fsp3) is 0.500. The van der Waals surface area contributed by atoms with Crippen LogP contribution >= 0.6 is 15.9 Å². The van der Waals surface area contributed by atoms with Crippen molar-refractivity contribution in [3.63, 3.8) is 0 Å². The van der Waals surface area contributed by atoms with Crippen LogP contribution in [-0.2, 0) is 10.0 Å². The zero-order valence-corrected chi connectivity index (χ0v) is 12.2. The quantitative estimate of drug-likeness (QED) is 0.889. The molecule has 0 amide bonds. The number of hydrogen-bond donors (Lipinski definition) is 2. The van der Waals surface area contributed by atoms with Crippen LogP contribution in [-0.4, -0.2) is 25.7 Å². The Kier molecular flexibility index (Phi) is 4.42. The Morgan fingerprint density at radius 3 is 2.22 bits per heavy atom. The van der Waals surface area contributed by atoms with Crippen molar-refractivity contribution in [1.29, 1.82) is 0 Å². The van der Waals surface area contributed by atoms with Crippen molar-refractivity contribution in [3.05, 3.63) is 28.7 Å². The Balaban J connectivity index is 2.05. The molecule has 0 bridgehead atoms. The average molecular weight is 334 g/mol. The van der Waals surface area contributed by atoms with Gasteiger partial charge in [0, 0.05) is 10.5 Å². The zero-order chi connectivity index (χ0) is 13.2. The van der Waals surface area contributed by atoms with E-state index in [-0.39, 0.29) is 17.0 Å². The monoisotopic (exact) mass is 333 g/mol. The maximum Gasteiger partial charge on any atom is 0.240 e. The Morgan fingerprint density at radius 1 is 1.11 bits per heavy atom. The van der Waals surface area contributed by atoms with Crippen LogP contribution in [0, 0.1) is 0 Å². The van der Waals surface area contributed by atoms with Gasteiger partial charge in [0.1, 0.15) is 0 Å². The molecule has 1 saturated carbocycles. The van der Waals surface area contributed by atoms with Gasteiger partial charge in [0.15, 0.2) is 0 Å². The van der Waals surface area contributed by atoms with Gasteiger partial charge in [-0.2, -0.15) is 0 Å². The van der Waals surface area contributed by atoms with Gasteiger partial charge in [0.05, 0.1) is 11.0 Å². The van der Waals surface area contributed by atoms with Crippen LogP contribution < -0.4 is 4.72 Å². The molecule has 0 heterocycles. The molecule has 0 aromatic heterocycles. The first kappa shape index (κ1) is 14.0. The number of aliphatic hydroxyl groups is 1. The van der Waals surface area contributed by atoms with E-state index in [0.717, 1.165) is 4.47 Å². The number of sulfonamides is 1. The van der Waals surface area contributed by atoms with E-state index in [2.05, 4.69) is 20.7 Å². The van der Waals surface area contributed by atoms with Crippen molar-refractivity contribution in [1.82, 2.24) is 4.72 Å². The molecule has 1 aromatic rings. The van der Waals surface area contributed by atoms with Gasteiger partial charge in [-0.1, -0.05) is 15.9 Å². The van der Waals surface area contributed by atoms with Crippen molar-refractivity contribution in [3.8, 4) is 0 Å². The zero-order valence-electron chi connectivity index (χ0n) is 9.84. The molecule has 2 N–H and O–H groups in total. The summed E-state index contributed by atoms with van der Waals surface area (Å²) in [7, 11) is -3.45. The van der Waals surface area contributed by atoms with Crippen LogP contribution in [0.25, 0.3) is 0 Å². The van der Waals surface area contributed by atoms with Crippen molar-refractivity contribution in [2.45, 2.75) is 42.7 Å². The van der Waals surface area contributed by atoms with Gasteiger partial charge < -0.3 is 5.11 Å². The number of nitrogens with one attached hydrogen (secondary N) is 1. The van der Waals surface area contributed by atoms with Crippen LogP contribution in [0.15, 0.2) is 33.6 Å². The second-order valence-electron chi connectivity index (χ2n) is 4.58. The fourth-order valence-corrected chi connectivity index (χ4v) is 3.66. The molecule has 6 heteroatoms. The highest BCUT2D eigenvalue weighted by molar-refractivity contribution is 9.10. The lowest BCUT2D eigenvalue weighted by atomic mass is 9.94. The summed E-state index contributed by atoms with van der Waals surface area (Å²) in [4.78, 5) is 0.275. The minimum absolute atomic E-state index is 0.0675. The summed E-state index contributed by atoms with van der Waals surface area (Å²) in [6.45, 7) is 0. The molecule has 0 saturated heterocycles. The SMILES string of the molecule is O=S(=O)(N[C@H]1CC[C@H](O)CC1)c1ccc(Br)cc1. The van der Waals surface area contributed by atoms with E-state index in [1.54, 1.807) is 24.3 Å². The Hall–Kier alpha value is -0.430. The molecule has 0 unspecified atom stereocenters. The van der Waals surface area contributed by atoms with Gasteiger partial charge in [0.25, 0.3) is 0 Å². The van der Waals surface area contributed by atoms with E-state index in [4.69, 9.17) is 0 Å². The first-order valence-electron chi connectivity index (χ1n) is 5.93. The van der Waals surface area contributed by atoms with Gasteiger partial charge in [0.2, 0.25) is 10.0 Å². The number of halogens is 1. The minimum atomic E-state index is -3.45. The lowest BCUT2D eigenvalue weighted by Gasteiger charge is -2.25. The molecular weight excluding hydrogens is 318 g/mol. The molecule has 0 atom stereocenters. The molecule has 18 heavy (non-hydrogen) atoms. The first-order valence-corrected chi connectivity index (χ1v) is 8.21.